The van der Waals surface area contributed by atoms with E-state index in [-0.39, 0.29) is 36.4 Å². The van der Waals surface area contributed by atoms with Gasteiger partial charge in [0.25, 0.3) is 5.56 Å². The van der Waals surface area contributed by atoms with E-state index in [1.165, 1.54) is 24.9 Å². The number of nitrogen functional groups attached to an aromatic ring is 1. The molecule has 7 atom stereocenters. The zero-order valence-corrected chi connectivity index (χ0v) is 20.1. The number of hydrogen-bond donors (Lipinski definition) is 5. The lowest BCUT2D eigenvalue weighted by atomic mass is 9.93. The molecule has 14 heteroatoms. The summed E-state index contributed by atoms with van der Waals surface area (Å²) in [6, 6.07) is 0. The third-order valence-corrected chi connectivity index (χ3v) is 8.68. The fraction of sp³-hybridized carbons (Fsp3) is 0.737. The summed E-state index contributed by atoms with van der Waals surface area (Å²) in [6.07, 6.45) is -3.49. The Balaban J connectivity index is 1.88. The van der Waals surface area contributed by atoms with Crippen molar-refractivity contribution in [2.24, 2.45) is 7.05 Å². The van der Waals surface area contributed by atoms with Crippen molar-refractivity contribution in [2.45, 2.75) is 82.4 Å². The Morgan fingerprint density at radius 1 is 1.27 bits per heavy atom. The molecule has 0 amide bonds. The van der Waals surface area contributed by atoms with Crippen LogP contribution in [0.15, 0.2) is 11.1 Å². The largest absolute Gasteiger partial charge is 0.388 e. The van der Waals surface area contributed by atoms with Gasteiger partial charge in [-0.15, -0.1) is 0 Å². The van der Waals surface area contributed by atoms with Crippen LogP contribution in [0.5, 0.6) is 0 Å². The number of rotatable bonds is 8. The molecule has 1 saturated heterocycles. The zero-order chi connectivity index (χ0) is 24.9. The SMILES string of the molecule is CCC(C)(C[C@H]1O[C@@H](n2cnc3c(=O)n(C)c(N)nc32)[C@H](O)[C@@H]1O)OP(=O)(O)C(C)(O)CC. The molecule has 1 aliphatic rings. The second-order valence-electron chi connectivity index (χ2n) is 8.89. The Morgan fingerprint density at radius 3 is 2.48 bits per heavy atom. The summed E-state index contributed by atoms with van der Waals surface area (Å²) in [6.45, 7) is 6.07. The van der Waals surface area contributed by atoms with Crippen molar-refractivity contribution in [2.75, 3.05) is 5.73 Å². The number of hydrogen-bond acceptors (Lipinski definition) is 10. The first-order valence-electron chi connectivity index (χ1n) is 10.6. The standard InChI is InChI=1S/C19H32N5O8P/c1-6-18(3,32-33(29,30)19(4,28)7-2)8-10-12(25)13(26)16(31-10)24-9-21-11-14(24)22-17(20)23(5)15(11)27/h9-10,12-13,16,25-26,28H,6-8H2,1-5H3,(H2,20,22)(H,29,30)/t10-,12-,13-,16-,18?,19?/m1/s1. The monoisotopic (exact) mass is 489 g/mol. The highest BCUT2D eigenvalue weighted by molar-refractivity contribution is 7.54. The van der Waals surface area contributed by atoms with Gasteiger partial charge < -0.3 is 35.2 Å². The van der Waals surface area contributed by atoms with Crippen LogP contribution in [0, 0.1) is 0 Å². The minimum absolute atomic E-state index is 0.00674. The minimum atomic E-state index is -4.46. The minimum Gasteiger partial charge on any atom is -0.388 e. The highest BCUT2D eigenvalue weighted by atomic mass is 31.2. The number of anilines is 1. The molecule has 0 saturated carbocycles. The van der Waals surface area contributed by atoms with Gasteiger partial charge in [-0.2, -0.15) is 4.98 Å². The summed E-state index contributed by atoms with van der Waals surface area (Å²) in [7, 11) is -3.01. The van der Waals surface area contributed by atoms with Gasteiger partial charge in [-0.25, -0.2) is 4.98 Å². The van der Waals surface area contributed by atoms with Gasteiger partial charge in [-0.1, -0.05) is 13.8 Å². The second-order valence-corrected chi connectivity index (χ2v) is 11.1. The van der Waals surface area contributed by atoms with Gasteiger partial charge in [-0.3, -0.25) is 18.5 Å². The van der Waals surface area contributed by atoms with Crippen LogP contribution in [0.4, 0.5) is 5.95 Å². The molecule has 0 aliphatic carbocycles. The molecular formula is C19H32N5O8P. The van der Waals surface area contributed by atoms with Crippen molar-refractivity contribution in [3.63, 3.8) is 0 Å². The highest BCUT2D eigenvalue weighted by Gasteiger charge is 2.50. The van der Waals surface area contributed by atoms with Crippen LogP contribution in [-0.2, 0) is 20.9 Å². The predicted octanol–water partition coefficient (Wildman–Crippen LogP) is 0.211. The van der Waals surface area contributed by atoms with Crippen LogP contribution in [0.3, 0.4) is 0 Å². The van der Waals surface area contributed by atoms with Crippen molar-refractivity contribution < 1.29 is 34.0 Å². The number of aliphatic hydroxyl groups excluding tert-OH is 2. The second kappa shape index (κ2) is 8.73. The Bertz CT molecular complexity index is 1130. The molecular weight excluding hydrogens is 457 g/mol. The summed E-state index contributed by atoms with van der Waals surface area (Å²) < 4.78 is 26.6. The lowest BCUT2D eigenvalue weighted by Crippen LogP contribution is -2.40. The van der Waals surface area contributed by atoms with Crippen molar-refractivity contribution in [3.05, 3.63) is 16.7 Å². The molecule has 13 nitrogen and oxygen atoms in total. The topological polar surface area (TPSA) is 195 Å². The zero-order valence-electron chi connectivity index (χ0n) is 19.2. The van der Waals surface area contributed by atoms with E-state index in [1.807, 2.05) is 0 Å². The smallest absolute Gasteiger partial charge is 0.359 e. The Labute approximate surface area is 190 Å². The summed E-state index contributed by atoms with van der Waals surface area (Å²) in [4.78, 5) is 30.9. The van der Waals surface area contributed by atoms with Gasteiger partial charge in [-0.05, 0) is 26.7 Å². The number of fused-ring (bicyclic) bond motifs is 1. The van der Waals surface area contributed by atoms with E-state index in [1.54, 1.807) is 20.8 Å². The third-order valence-electron chi connectivity index (χ3n) is 6.45. The maximum absolute atomic E-state index is 12.7. The molecule has 0 radical (unpaired) electrons. The van der Waals surface area contributed by atoms with Crippen LogP contribution in [-0.4, -0.2) is 68.6 Å². The molecule has 3 heterocycles. The molecule has 2 aromatic heterocycles. The summed E-state index contributed by atoms with van der Waals surface area (Å²) in [5, 5.41) is 29.7. The molecule has 6 N–H and O–H groups in total. The van der Waals surface area contributed by atoms with Gasteiger partial charge in [0.05, 0.1) is 18.0 Å². The van der Waals surface area contributed by atoms with E-state index in [4.69, 9.17) is 15.0 Å². The molecule has 186 valence electrons. The average Bonchev–Trinajstić information content (AvgIpc) is 3.27. The van der Waals surface area contributed by atoms with Crippen molar-refractivity contribution in [1.82, 2.24) is 19.1 Å². The highest BCUT2D eigenvalue weighted by Crippen LogP contribution is 2.59. The number of nitrogens with zero attached hydrogens (tertiary/aromatic N) is 4. The number of ether oxygens (including phenoxy) is 1. The lowest BCUT2D eigenvalue weighted by Gasteiger charge is -2.37. The molecule has 0 aromatic carbocycles. The number of aromatic nitrogens is 4. The van der Waals surface area contributed by atoms with Crippen molar-refractivity contribution in [1.29, 1.82) is 0 Å². The summed E-state index contributed by atoms with van der Waals surface area (Å²) >= 11 is 0. The van der Waals surface area contributed by atoms with Crippen LogP contribution < -0.4 is 11.3 Å². The van der Waals surface area contributed by atoms with E-state index >= 15 is 0 Å². The Kier molecular flexibility index (Phi) is 6.82. The molecule has 2 aromatic rings. The summed E-state index contributed by atoms with van der Waals surface area (Å²) in [5.41, 5.74) is 4.14. The first-order valence-corrected chi connectivity index (χ1v) is 12.2. The van der Waals surface area contributed by atoms with Crippen LogP contribution in [0.25, 0.3) is 11.2 Å². The van der Waals surface area contributed by atoms with E-state index in [9.17, 15) is 29.6 Å². The molecule has 3 rings (SSSR count). The predicted molar refractivity (Wildman–Crippen MR) is 118 cm³/mol. The number of nitrogens with two attached hydrogens (primary N) is 1. The van der Waals surface area contributed by atoms with Crippen LogP contribution in [0.1, 0.15) is 53.2 Å². The lowest BCUT2D eigenvalue weighted by molar-refractivity contribution is -0.0689. The maximum atomic E-state index is 12.7. The molecule has 1 fully saturated rings. The van der Waals surface area contributed by atoms with E-state index in [2.05, 4.69) is 9.97 Å². The fourth-order valence-electron chi connectivity index (χ4n) is 3.65. The van der Waals surface area contributed by atoms with Gasteiger partial charge in [0.15, 0.2) is 22.7 Å². The number of aliphatic hydroxyl groups is 3. The van der Waals surface area contributed by atoms with Gasteiger partial charge in [0.1, 0.15) is 12.2 Å². The van der Waals surface area contributed by atoms with Crippen LogP contribution >= 0.6 is 7.60 Å². The van der Waals surface area contributed by atoms with Gasteiger partial charge in [0.2, 0.25) is 5.95 Å². The number of imidazole rings is 1. The molecule has 33 heavy (non-hydrogen) atoms. The molecule has 3 unspecified atom stereocenters. The fourth-order valence-corrected chi connectivity index (χ4v) is 5.04. The molecule has 1 aliphatic heterocycles. The van der Waals surface area contributed by atoms with Crippen LogP contribution in [0.2, 0.25) is 0 Å². The average molecular weight is 489 g/mol. The first kappa shape index (κ1) is 25.8. The molecule has 0 bridgehead atoms. The third kappa shape index (κ3) is 4.46. The Hall–Kier alpha value is -1.86. The first-order chi connectivity index (χ1) is 15.2. The van der Waals surface area contributed by atoms with Crippen molar-refractivity contribution >= 4 is 24.7 Å². The normalized spacial score (nSPS) is 29.0. The maximum Gasteiger partial charge on any atom is 0.359 e. The Morgan fingerprint density at radius 2 is 1.91 bits per heavy atom. The molecule has 0 spiro atoms. The van der Waals surface area contributed by atoms with E-state index in [0.29, 0.717) is 0 Å². The van der Waals surface area contributed by atoms with E-state index in [0.717, 1.165) is 4.57 Å². The van der Waals surface area contributed by atoms with E-state index < -0.39 is 48.6 Å². The van der Waals surface area contributed by atoms with Gasteiger partial charge in [0, 0.05) is 13.5 Å². The summed E-state index contributed by atoms with van der Waals surface area (Å²) in [5.74, 6) is -0.0625. The quantitative estimate of drug-likeness (QED) is 0.318. The van der Waals surface area contributed by atoms with Crippen molar-refractivity contribution in [3.8, 4) is 0 Å². The van der Waals surface area contributed by atoms with Gasteiger partial charge >= 0.3 is 7.60 Å².